The molecule has 0 unspecified atom stereocenters. The Kier molecular flexibility index (Phi) is 7.50. The van der Waals surface area contributed by atoms with Gasteiger partial charge in [0.15, 0.2) is 11.6 Å². The van der Waals surface area contributed by atoms with E-state index >= 15 is 0 Å². The van der Waals surface area contributed by atoms with Crippen LogP contribution in [-0.2, 0) is 0 Å². The molecule has 2 nitrogen and oxygen atoms in total. The predicted octanol–water partition coefficient (Wildman–Crippen LogP) is 7.49. The highest BCUT2D eigenvalue weighted by molar-refractivity contribution is 5.68. The smallest absolute Gasteiger partial charge is 0.201 e. The number of hydrogen-bond acceptors (Lipinski definition) is 2. The van der Waals surface area contributed by atoms with E-state index in [1.165, 1.54) is 30.8 Å². The normalized spacial score (nSPS) is 11.0. The zero-order chi connectivity index (χ0) is 21.5. The summed E-state index contributed by atoms with van der Waals surface area (Å²) in [6.45, 7) is 4.19. The van der Waals surface area contributed by atoms with E-state index in [1.807, 2.05) is 0 Å². The van der Waals surface area contributed by atoms with Gasteiger partial charge < -0.3 is 4.74 Å². The molecule has 1 heterocycles. The SMILES string of the molecule is CCCCCCCOc1ccc(-c2ccc(-c3ccc(C)c(F)c3)nc2)c(F)c1F. The first-order valence-corrected chi connectivity index (χ1v) is 10.3. The number of pyridine rings is 1. The van der Waals surface area contributed by atoms with E-state index in [0.717, 1.165) is 25.7 Å². The number of benzene rings is 2. The third-order valence-corrected chi connectivity index (χ3v) is 5.09. The average molecular weight is 413 g/mol. The van der Waals surface area contributed by atoms with E-state index in [9.17, 15) is 13.2 Å². The van der Waals surface area contributed by atoms with Gasteiger partial charge in [-0.3, -0.25) is 4.98 Å². The lowest BCUT2D eigenvalue weighted by atomic mass is 10.0. The Morgan fingerprint density at radius 1 is 0.833 bits per heavy atom. The van der Waals surface area contributed by atoms with Crippen LogP contribution in [0.1, 0.15) is 44.6 Å². The van der Waals surface area contributed by atoms with Crippen LogP contribution >= 0.6 is 0 Å². The fourth-order valence-corrected chi connectivity index (χ4v) is 3.23. The van der Waals surface area contributed by atoms with Gasteiger partial charge in [-0.25, -0.2) is 8.78 Å². The second-order valence-corrected chi connectivity index (χ2v) is 7.40. The highest BCUT2D eigenvalue weighted by Crippen LogP contribution is 2.31. The van der Waals surface area contributed by atoms with E-state index in [0.29, 0.717) is 29.0 Å². The Hall–Kier alpha value is -2.82. The predicted molar refractivity (Wildman–Crippen MR) is 114 cm³/mol. The Balaban J connectivity index is 1.71. The Morgan fingerprint density at radius 3 is 2.30 bits per heavy atom. The van der Waals surface area contributed by atoms with Gasteiger partial charge in [0.05, 0.1) is 12.3 Å². The molecule has 0 saturated carbocycles. The quantitative estimate of drug-likeness (QED) is 0.339. The molecular weight excluding hydrogens is 387 g/mol. The van der Waals surface area contributed by atoms with Crippen LogP contribution in [0.4, 0.5) is 13.2 Å². The second kappa shape index (κ2) is 10.3. The molecule has 0 radical (unpaired) electrons. The van der Waals surface area contributed by atoms with Gasteiger partial charge in [0, 0.05) is 22.9 Å². The number of rotatable bonds is 9. The first-order chi connectivity index (χ1) is 14.5. The summed E-state index contributed by atoms with van der Waals surface area (Å²) >= 11 is 0. The molecule has 0 fully saturated rings. The summed E-state index contributed by atoms with van der Waals surface area (Å²) in [5.74, 6) is -2.35. The molecule has 2 aromatic carbocycles. The topological polar surface area (TPSA) is 22.1 Å². The van der Waals surface area contributed by atoms with Crippen molar-refractivity contribution < 1.29 is 17.9 Å². The van der Waals surface area contributed by atoms with Crippen LogP contribution in [0.2, 0.25) is 0 Å². The van der Waals surface area contributed by atoms with E-state index in [-0.39, 0.29) is 17.1 Å². The minimum atomic E-state index is -0.995. The minimum absolute atomic E-state index is 0.0774. The third kappa shape index (κ3) is 5.21. The zero-order valence-electron chi connectivity index (χ0n) is 17.4. The van der Waals surface area contributed by atoms with Crippen LogP contribution in [0.5, 0.6) is 5.75 Å². The summed E-state index contributed by atoms with van der Waals surface area (Å²) in [6, 6.07) is 11.1. The van der Waals surface area contributed by atoms with Crippen molar-refractivity contribution in [3.05, 3.63) is 71.7 Å². The summed E-state index contributed by atoms with van der Waals surface area (Å²) in [5, 5.41) is 0. The zero-order valence-corrected chi connectivity index (χ0v) is 17.4. The summed E-state index contributed by atoms with van der Waals surface area (Å²) in [5.41, 5.74) is 2.28. The van der Waals surface area contributed by atoms with Crippen LogP contribution in [-0.4, -0.2) is 11.6 Å². The van der Waals surface area contributed by atoms with E-state index < -0.39 is 11.6 Å². The molecule has 0 aliphatic carbocycles. The molecule has 5 heteroatoms. The molecule has 0 saturated heterocycles. The number of halogens is 3. The molecule has 3 aromatic rings. The van der Waals surface area contributed by atoms with Crippen molar-refractivity contribution >= 4 is 0 Å². The molecule has 0 N–H and O–H groups in total. The van der Waals surface area contributed by atoms with Gasteiger partial charge in [-0.05, 0) is 43.2 Å². The molecule has 0 bridgehead atoms. The third-order valence-electron chi connectivity index (χ3n) is 5.09. The molecule has 30 heavy (non-hydrogen) atoms. The van der Waals surface area contributed by atoms with Crippen molar-refractivity contribution in [3.63, 3.8) is 0 Å². The van der Waals surface area contributed by atoms with Crippen LogP contribution in [0.15, 0.2) is 48.7 Å². The molecule has 0 atom stereocenters. The fraction of sp³-hybridized carbons (Fsp3) is 0.320. The lowest BCUT2D eigenvalue weighted by Crippen LogP contribution is -2.02. The maximum atomic E-state index is 14.6. The summed E-state index contributed by atoms with van der Waals surface area (Å²) in [4.78, 5) is 4.29. The van der Waals surface area contributed by atoms with Crippen molar-refractivity contribution in [1.29, 1.82) is 0 Å². The maximum Gasteiger partial charge on any atom is 0.201 e. The van der Waals surface area contributed by atoms with Crippen molar-refractivity contribution in [3.8, 4) is 28.1 Å². The van der Waals surface area contributed by atoms with E-state index in [4.69, 9.17) is 4.74 Å². The minimum Gasteiger partial charge on any atom is -0.490 e. The van der Waals surface area contributed by atoms with Gasteiger partial charge in [0.1, 0.15) is 5.82 Å². The lowest BCUT2D eigenvalue weighted by Gasteiger charge is -2.11. The molecule has 0 aliphatic rings. The van der Waals surface area contributed by atoms with Crippen LogP contribution in [0, 0.1) is 24.4 Å². The fourth-order valence-electron chi connectivity index (χ4n) is 3.23. The van der Waals surface area contributed by atoms with Gasteiger partial charge in [-0.15, -0.1) is 0 Å². The van der Waals surface area contributed by atoms with Crippen molar-refractivity contribution in [2.24, 2.45) is 0 Å². The van der Waals surface area contributed by atoms with E-state index in [1.54, 1.807) is 31.2 Å². The monoisotopic (exact) mass is 413 g/mol. The number of aromatic nitrogens is 1. The molecule has 158 valence electrons. The van der Waals surface area contributed by atoms with Crippen molar-refractivity contribution in [1.82, 2.24) is 4.98 Å². The lowest BCUT2D eigenvalue weighted by molar-refractivity contribution is 0.285. The average Bonchev–Trinajstić information content (AvgIpc) is 2.76. The summed E-state index contributed by atoms with van der Waals surface area (Å²) in [6.07, 6.45) is 6.73. The van der Waals surface area contributed by atoms with Crippen LogP contribution < -0.4 is 4.74 Å². The van der Waals surface area contributed by atoms with E-state index in [2.05, 4.69) is 11.9 Å². The molecule has 0 spiro atoms. The Bertz CT molecular complexity index is 986. The molecule has 1 aromatic heterocycles. The Labute approximate surface area is 175 Å². The van der Waals surface area contributed by atoms with Gasteiger partial charge in [-0.1, -0.05) is 50.8 Å². The molecule has 3 rings (SSSR count). The highest BCUT2D eigenvalue weighted by atomic mass is 19.2. The van der Waals surface area contributed by atoms with Gasteiger partial charge >= 0.3 is 0 Å². The standard InChI is InChI=1S/C25H26F3NO/c1-3-4-5-6-7-14-30-23-13-11-20(24(27)25(23)28)19-10-12-22(29-16-19)18-9-8-17(2)21(26)15-18/h8-13,15-16H,3-7,14H2,1-2H3. The largest absolute Gasteiger partial charge is 0.490 e. The van der Waals surface area contributed by atoms with Crippen molar-refractivity contribution in [2.45, 2.75) is 46.0 Å². The number of aryl methyl sites for hydroxylation is 1. The Morgan fingerprint density at radius 2 is 1.60 bits per heavy atom. The number of nitrogens with zero attached hydrogens (tertiary/aromatic N) is 1. The first kappa shape index (κ1) is 21.9. The summed E-state index contributed by atoms with van der Waals surface area (Å²) in [7, 11) is 0. The molecular formula is C25H26F3NO. The highest BCUT2D eigenvalue weighted by Gasteiger charge is 2.16. The van der Waals surface area contributed by atoms with Crippen LogP contribution in [0.3, 0.4) is 0 Å². The maximum absolute atomic E-state index is 14.6. The van der Waals surface area contributed by atoms with Gasteiger partial charge in [-0.2, -0.15) is 4.39 Å². The van der Waals surface area contributed by atoms with Crippen molar-refractivity contribution in [2.75, 3.05) is 6.61 Å². The van der Waals surface area contributed by atoms with Gasteiger partial charge in [0.25, 0.3) is 0 Å². The molecule has 0 amide bonds. The molecule has 0 aliphatic heterocycles. The van der Waals surface area contributed by atoms with Gasteiger partial charge in [0.2, 0.25) is 5.82 Å². The first-order valence-electron chi connectivity index (χ1n) is 10.3. The van der Waals surface area contributed by atoms with Crippen LogP contribution in [0.25, 0.3) is 22.4 Å². The summed E-state index contributed by atoms with van der Waals surface area (Å²) < 4.78 is 48.3. The number of hydrogen-bond donors (Lipinski definition) is 0. The second-order valence-electron chi connectivity index (χ2n) is 7.40. The number of ether oxygens (including phenoxy) is 1. The number of unbranched alkanes of at least 4 members (excludes halogenated alkanes) is 4.